The maximum absolute atomic E-state index is 9.25. The molecule has 4 heteroatoms. The van der Waals surface area contributed by atoms with E-state index in [-0.39, 0.29) is 5.41 Å². The Hall–Kier alpha value is -0.870. The molecule has 0 aliphatic heterocycles. The van der Waals surface area contributed by atoms with E-state index in [9.17, 15) is 4.79 Å². The van der Waals surface area contributed by atoms with Gasteiger partial charge in [0.25, 0.3) is 0 Å². The van der Waals surface area contributed by atoms with Crippen molar-refractivity contribution >= 4 is 5.97 Å². The summed E-state index contributed by atoms with van der Waals surface area (Å²) in [6.45, 7) is 8.99. The van der Waals surface area contributed by atoms with E-state index < -0.39 is 12.3 Å². The normalized spacial score (nSPS) is 13.6. The quantitative estimate of drug-likeness (QED) is 0.484. The van der Waals surface area contributed by atoms with Crippen molar-refractivity contribution in [2.75, 3.05) is 0 Å². The number of aliphatic hydroxyl groups excluding tert-OH is 1. The van der Waals surface area contributed by atoms with Gasteiger partial charge < -0.3 is 15.3 Å². The third kappa shape index (κ3) is 8.44. The highest BCUT2D eigenvalue weighted by Crippen LogP contribution is 2.30. The fraction of sp³-hybridized carbons (Fsp3) is 0.750. The molecule has 0 saturated heterocycles. The van der Waals surface area contributed by atoms with Crippen LogP contribution in [0, 0.1) is 5.41 Å². The lowest BCUT2D eigenvalue weighted by molar-refractivity contribution is -0.133. The van der Waals surface area contributed by atoms with E-state index in [2.05, 4.69) is 13.5 Å². The van der Waals surface area contributed by atoms with E-state index >= 15 is 0 Å². The van der Waals surface area contributed by atoms with Gasteiger partial charge >= 0.3 is 5.97 Å². The number of aliphatic hydroxyl groups is 2. The number of hydrogen-bond acceptors (Lipinski definition) is 3. The van der Waals surface area contributed by atoms with Gasteiger partial charge in [-0.25, -0.2) is 4.79 Å². The molecule has 1 unspecified atom stereocenters. The van der Waals surface area contributed by atoms with Crippen LogP contribution < -0.4 is 0 Å². The molecule has 0 aromatic heterocycles. The molecule has 4 nitrogen and oxygen atoms in total. The Bertz CT molecular complexity index is 201. The van der Waals surface area contributed by atoms with E-state index in [1.807, 2.05) is 13.8 Å². The number of aliphatic carboxylic acids is 1. The predicted octanol–water partition coefficient (Wildman–Crippen LogP) is 2.16. The molecule has 0 aromatic rings. The van der Waals surface area contributed by atoms with Gasteiger partial charge in [-0.15, -0.1) is 0 Å². The zero-order valence-corrected chi connectivity index (χ0v) is 10.4. The second-order valence-corrected chi connectivity index (χ2v) is 4.03. The van der Waals surface area contributed by atoms with Gasteiger partial charge in [0, 0.05) is 11.5 Å². The van der Waals surface area contributed by atoms with Crippen LogP contribution in [0.25, 0.3) is 0 Å². The van der Waals surface area contributed by atoms with Crippen molar-refractivity contribution in [3.63, 3.8) is 0 Å². The molecule has 16 heavy (non-hydrogen) atoms. The predicted molar refractivity (Wildman–Crippen MR) is 64.0 cm³/mol. The third-order valence-electron chi connectivity index (χ3n) is 2.71. The Labute approximate surface area is 97.6 Å². The molecule has 0 saturated carbocycles. The lowest BCUT2D eigenvalue weighted by atomic mass is 9.82. The summed E-state index contributed by atoms with van der Waals surface area (Å²) in [6.07, 6.45) is 3.58. The Balaban J connectivity index is 0. The topological polar surface area (TPSA) is 77.8 Å². The Morgan fingerprint density at radius 3 is 2.06 bits per heavy atom. The number of carbonyl (C=O) groups is 1. The summed E-state index contributed by atoms with van der Waals surface area (Å²) in [5.41, 5.74) is -0.296. The zero-order valence-electron chi connectivity index (χ0n) is 10.4. The molecule has 0 radical (unpaired) electrons. The Morgan fingerprint density at radius 2 is 1.88 bits per heavy atom. The van der Waals surface area contributed by atoms with Gasteiger partial charge in [0.1, 0.15) is 0 Å². The molecule has 0 spiro atoms. The van der Waals surface area contributed by atoms with Crippen LogP contribution in [0.15, 0.2) is 12.7 Å². The fourth-order valence-electron chi connectivity index (χ4n) is 1.07. The van der Waals surface area contributed by atoms with Crippen LogP contribution in [0.3, 0.4) is 0 Å². The number of carboxylic acid groups (broad SMARTS) is 1. The van der Waals surface area contributed by atoms with Crippen LogP contribution in [-0.4, -0.2) is 27.6 Å². The van der Waals surface area contributed by atoms with E-state index in [0.29, 0.717) is 0 Å². The van der Waals surface area contributed by atoms with Crippen LogP contribution in [-0.2, 0) is 4.79 Å². The monoisotopic (exact) mass is 232 g/mol. The van der Waals surface area contributed by atoms with Crippen molar-refractivity contribution in [3.8, 4) is 0 Å². The molecule has 0 heterocycles. The summed E-state index contributed by atoms with van der Waals surface area (Å²) in [7, 11) is 0. The first kappa shape index (κ1) is 17.5. The summed E-state index contributed by atoms with van der Waals surface area (Å²) in [5.74, 6) is -0.981. The lowest BCUT2D eigenvalue weighted by Crippen LogP contribution is -2.31. The van der Waals surface area contributed by atoms with Crippen LogP contribution in [0.2, 0.25) is 0 Å². The highest BCUT2D eigenvalue weighted by atomic mass is 16.5. The van der Waals surface area contributed by atoms with Gasteiger partial charge in [-0.1, -0.05) is 40.2 Å². The second-order valence-electron chi connectivity index (χ2n) is 4.03. The number of carboxylic acids is 1. The highest BCUT2D eigenvalue weighted by molar-refractivity contribution is 5.78. The Morgan fingerprint density at radius 1 is 1.44 bits per heavy atom. The minimum Gasteiger partial charge on any atom is -0.478 e. The number of rotatable bonds is 6. The van der Waals surface area contributed by atoms with Crippen molar-refractivity contribution in [1.29, 1.82) is 0 Å². The summed E-state index contributed by atoms with van der Waals surface area (Å²) < 4.78 is 0. The summed E-state index contributed by atoms with van der Waals surface area (Å²) >= 11 is 0. The maximum atomic E-state index is 9.25. The van der Waals surface area contributed by atoms with Crippen molar-refractivity contribution in [1.82, 2.24) is 0 Å². The van der Waals surface area contributed by atoms with E-state index in [1.54, 1.807) is 0 Å². The average molecular weight is 232 g/mol. The molecule has 0 amide bonds. The molecule has 0 aromatic carbocycles. The van der Waals surface area contributed by atoms with Gasteiger partial charge in [-0.3, -0.25) is 0 Å². The summed E-state index contributed by atoms with van der Waals surface area (Å²) in [6, 6.07) is 0. The van der Waals surface area contributed by atoms with Gasteiger partial charge in [0.05, 0.1) is 0 Å². The summed E-state index contributed by atoms with van der Waals surface area (Å²) in [4.78, 5) is 9.25. The maximum Gasteiger partial charge on any atom is 0.327 e. The molecular formula is C12H24O4. The van der Waals surface area contributed by atoms with Gasteiger partial charge in [-0.2, -0.15) is 0 Å². The van der Waals surface area contributed by atoms with Crippen LogP contribution in [0.5, 0.6) is 0 Å². The fourth-order valence-corrected chi connectivity index (χ4v) is 1.07. The van der Waals surface area contributed by atoms with Crippen molar-refractivity contribution in [2.24, 2.45) is 5.41 Å². The second kappa shape index (κ2) is 9.36. The molecule has 0 rings (SSSR count). The smallest absolute Gasteiger partial charge is 0.327 e. The van der Waals surface area contributed by atoms with Crippen molar-refractivity contribution in [3.05, 3.63) is 12.7 Å². The molecule has 96 valence electrons. The first-order valence-corrected chi connectivity index (χ1v) is 5.55. The minimum absolute atomic E-state index is 0.296. The van der Waals surface area contributed by atoms with Crippen LogP contribution >= 0.6 is 0 Å². The molecular weight excluding hydrogens is 208 g/mol. The van der Waals surface area contributed by atoms with E-state index in [4.69, 9.17) is 15.3 Å². The minimum atomic E-state index is -1.17. The third-order valence-corrected chi connectivity index (χ3v) is 2.71. The molecule has 0 aliphatic carbocycles. The van der Waals surface area contributed by atoms with Crippen LogP contribution in [0.4, 0.5) is 0 Å². The summed E-state index contributed by atoms with van der Waals surface area (Å²) in [5, 5.41) is 25.7. The van der Waals surface area contributed by atoms with E-state index in [0.717, 1.165) is 31.8 Å². The lowest BCUT2D eigenvalue weighted by Gasteiger charge is -2.29. The van der Waals surface area contributed by atoms with E-state index in [1.165, 1.54) is 0 Å². The molecule has 0 fully saturated rings. The molecule has 0 bridgehead atoms. The van der Waals surface area contributed by atoms with Crippen LogP contribution in [0.1, 0.15) is 46.5 Å². The SMILES string of the molecule is C=CC(=O)O.CCCCC(C)(CC)C(O)O. The molecule has 3 N–H and O–H groups in total. The largest absolute Gasteiger partial charge is 0.478 e. The van der Waals surface area contributed by atoms with Gasteiger partial charge in [0.15, 0.2) is 6.29 Å². The number of unbranched alkanes of at least 4 members (excludes halogenated alkanes) is 1. The first-order valence-electron chi connectivity index (χ1n) is 5.55. The molecule has 0 aliphatic rings. The van der Waals surface area contributed by atoms with Gasteiger partial charge in [-0.05, 0) is 12.8 Å². The molecule has 1 atom stereocenters. The average Bonchev–Trinajstić information content (AvgIpc) is 2.26. The highest BCUT2D eigenvalue weighted by Gasteiger charge is 2.28. The standard InChI is InChI=1S/C9H20O2.C3H4O2/c1-4-6-7-9(3,5-2)8(10)11;1-2-3(4)5/h8,10-11H,4-7H2,1-3H3;2H,1H2,(H,4,5). The van der Waals surface area contributed by atoms with Crippen molar-refractivity contribution in [2.45, 2.75) is 52.7 Å². The number of hydrogen-bond donors (Lipinski definition) is 3. The first-order chi connectivity index (χ1) is 7.33. The Kier molecular flexibility index (Phi) is 10.3. The van der Waals surface area contributed by atoms with Crippen molar-refractivity contribution < 1.29 is 20.1 Å². The zero-order chi connectivity index (χ0) is 13.2. The van der Waals surface area contributed by atoms with Gasteiger partial charge in [0.2, 0.25) is 0 Å².